The van der Waals surface area contributed by atoms with Crippen LogP contribution in [0.5, 0.6) is 0 Å². The summed E-state index contributed by atoms with van der Waals surface area (Å²) in [5.74, 6) is 0.427. The normalized spacial score (nSPS) is 21.6. The summed E-state index contributed by atoms with van der Waals surface area (Å²) in [5, 5.41) is 3.64. The number of carbonyl (C=O) groups excluding carboxylic acids is 1. The number of piperidine rings is 1. The molecule has 0 unspecified atom stereocenters. The molecule has 25 heavy (non-hydrogen) atoms. The summed E-state index contributed by atoms with van der Waals surface area (Å²) < 4.78 is 6.87. The third-order valence-corrected chi connectivity index (χ3v) is 5.34. The third-order valence-electron chi connectivity index (χ3n) is 5.11. The summed E-state index contributed by atoms with van der Waals surface area (Å²) >= 11 is 6.05. The first-order valence-electron chi connectivity index (χ1n) is 8.89. The second-order valence-electron chi connectivity index (χ2n) is 7.15. The molecule has 1 amide bonds. The molecule has 1 aromatic carbocycles. The number of aromatic nitrogens is 1. The fourth-order valence-corrected chi connectivity index (χ4v) is 3.64. The zero-order valence-electron chi connectivity index (χ0n) is 14.0. The Bertz CT molecular complexity index is 840. The first kappa shape index (κ1) is 16.7. The van der Waals surface area contributed by atoms with E-state index in [9.17, 15) is 9.59 Å². The van der Waals surface area contributed by atoms with E-state index in [-0.39, 0.29) is 11.8 Å². The molecule has 0 radical (unpaired) electrons. The lowest BCUT2D eigenvalue weighted by molar-refractivity contribution is -0.127. The van der Waals surface area contributed by atoms with Gasteiger partial charge in [0.25, 0.3) is 0 Å². The van der Waals surface area contributed by atoms with Crippen molar-refractivity contribution in [2.45, 2.75) is 32.4 Å². The summed E-state index contributed by atoms with van der Waals surface area (Å²) in [6, 6.07) is 5.16. The molecule has 2 aromatic rings. The zero-order chi connectivity index (χ0) is 17.4. The predicted octanol–water partition coefficient (Wildman–Crippen LogP) is 2.44. The van der Waals surface area contributed by atoms with E-state index in [1.807, 2.05) is 0 Å². The van der Waals surface area contributed by atoms with E-state index in [1.165, 1.54) is 12.8 Å². The third kappa shape index (κ3) is 3.75. The van der Waals surface area contributed by atoms with Crippen LogP contribution in [0.1, 0.15) is 25.7 Å². The highest BCUT2D eigenvalue weighted by molar-refractivity contribution is 6.31. The van der Waals surface area contributed by atoms with Gasteiger partial charge in [0.15, 0.2) is 5.58 Å². The molecule has 1 aliphatic heterocycles. The molecule has 1 saturated heterocycles. The minimum absolute atomic E-state index is 0.00930. The topological polar surface area (TPSA) is 67.5 Å². The van der Waals surface area contributed by atoms with Gasteiger partial charge < -0.3 is 9.73 Å². The molecule has 0 bridgehead atoms. The molecule has 2 fully saturated rings. The number of hydrogen-bond acceptors (Lipinski definition) is 4. The first-order chi connectivity index (χ1) is 12.1. The number of carbonyl (C=O) groups is 1. The van der Waals surface area contributed by atoms with E-state index in [4.69, 9.17) is 16.0 Å². The van der Waals surface area contributed by atoms with Crippen LogP contribution in [-0.4, -0.2) is 35.0 Å². The van der Waals surface area contributed by atoms with Gasteiger partial charge in [0.05, 0.1) is 18.1 Å². The number of nitrogens with zero attached hydrogens (tertiary/aromatic N) is 2. The lowest BCUT2D eigenvalue weighted by atomic mass is 9.97. The summed E-state index contributed by atoms with van der Waals surface area (Å²) in [6.45, 7) is 2.75. The molecule has 1 saturated carbocycles. The number of oxazole rings is 1. The van der Waals surface area contributed by atoms with E-state index in [0.717, 1.165) is 25.9 Å². The Kier molecular flexibility index (Phi) is 4.56. The number of fused-ring (bicyclic) bond motifs is 1. The Hall–Kier alpha value is -1.79. The van der Waals surface area contributed by atoms with Gasteiger partial charge in [-0.3, -0.25) is 14.3 Å². The number of rotatable bonds is 5. The minimum Gasteiger partial charge on any atom is -0.408 e. The van der Waals surface area contributed by atoms with Gasteiger partial charge in [-0.15, -0.1) is 0 Å². The fraction of sp³-hybridized carbons (Fsp3) is 0.556. The quantitative estimate of drug-likeness (QED) is 0.886. The summed E-state index contributed by atoms with van der Waals surface area (Å²) in [6.07, 6.45) is 4.32. The Labute approximate surface area is 150 Å². The van der Waals surface area contributed by atoms with Crippen LogP contribution >= 0.6 is 11.6 Å². The van der Waals surface area contributed by atoms with Crippen molar-refractivity contribution >= 4 is 28.6 Å². The van der Waals surface area contributed by atoms with Crippen LogP contribution in [0.2, 0.25) is 5.02 Å². The number of likely N-dealkylation sites (tertiary alicyclic amines) is 1. The lowest BCUT2D eigenvalue weighted by Crippen LogP contribution is -2.44. The van der Waals surface area contributed by atoms with Crippen LogP contribution in [0.3, 0.4) is 0 Å². The van der Waals surface area contributed by atoms with Gasteiger partial charge in [-0.25, -0.2) is 4.79 Å². The van der Waals surface area contributed by atoms with Gasteiger partial charge in [0, 0.05) is 18.1 Å². The molecule has 2 heterocycles. The van der Waals surface area contributed by atoms with Crippen LogP contribution < -0.4 is 11.1 Å². The van der Waals surface area contributed by atoms with Crippen molar-refractivity contribution in [1.29, 1.82) is 0 Å². The molecule has 6 nitrogen and oxygen atoms in total. The van der Waals surface area contributed by atoms with Crippen molar-refractivity contribution in [1.82, 2.24) is 14.8 Å². The van der Waals surface area contributed by atoms with E-state index >= 15 is 0 Å². The number of amides is 1. The van der Waals surface area contributed by atoms with Crippen LogP contribution in [0.25, 0.3) is 11.1 Å². The second-order valence-corrected chi connectivity index (χ2v) is 7.59. The molecule has 4 rings (SSSR count). The highest BCUT2D eigenvalue weighted by atomic mass is 35.5. The molecular formula is C18H22ClN3O3. The van der Waals surface area contributed by atoms with Gasteiger partial charge in [-0.1, -0.05) is 11.6 Å². The van der Waals surface area contributed by atoms with Crippen molar-refractivity contribution in [3.63, 3.8) is 0 Å². The van der Waals surface area contributed by atoms with Crippen LogP contribution in [-0.2, 0) is 11.5 Å². The predicted molar refractivity (Wildman–Crippen MR) is 95.5 cm³/mol. The van der Waals surface area contributed by atoms with Crippen molar-refractivity contribution in [3.8, 4) is 0 Å². The number of hydrogen-bond donors (Lipinski definition) is 1. The van der Waals surface area contributed by atoms with E-state index in [1.54, 1.807) is 22.8 Å². The minimum atomic E-state index is -0.391. The Morgan fingerprint density at radius 2 is 2.16 bits per heavy atom. The molecule has 0 spiro atoms. The largest absolute Gasteiger partial charge is 0.421 e. The molecule has 1 N–H and O–H groups in total. The summed E-state index contributed by atoms with van der Waals surface area (Å²) in [4.78, 5) is 26.7. The van der Waals surface area contributed by atoms with E-state index in [0.29, 0.717) is 35.3 Å². The van der Waals surface area contributed by atoms with E-state index in [2.05, 4.69) is 10.2 Å². The SMILES string of the molecule is O=C(NCC1CC1)[C@H]1CCCN(Cn2c(=O)oc3ccc(Cl)cc32)C1. The highest BCUT2D eigenvalue weighted by Crippen LogP contribution is 2.28. The van der Waals surface area contributed by atoms with Gasteiger partial charge in [-0.2, -0.15) is 0 Å². The Morgan fingerprint density at radius 3 is 2.96 bits per heavy atom. The maximum Gasteiger partial charge on any atom is 0.421 e. The highest BCUT2D eigenvalue weighted by Gasteiger charge is 2.28. The average molecular weight is 364 g/mol. The number of benzene rings is 1. The van der Waals surface area contributed by atoms with Crippen LogP contribution in [0.4, 0.5) is 0 Å². The molecule has 134 valence electrons. The van der Waals surface area contributed by atoms with Crippen LogP contribution in [0, 0.1) is 11.8 Å². The maximum absolute atomic E-state index is 12.4. The maximum atomic E-state index is 12.4. The summed E-state index contributed by atoms with van der Waals surface area (Å²) in [5.41, 5.74) is 1.22. The zero-order valence-corrected chi connectivity index (χ0v) is 14.8. The van der Waals surface area contributed by atoms with Crippen molar-refractivity contribution in [2.75, 3.05) is 19.6 Å². The smallest absolute Gasteiger partial charge is 0.408 e. The molecule has 1 aromatic heterocycles. The Balaban J connectivity index is 1.45. The van der Waals surface area contributed by atoms with Crippen molar-refractivity contribution in [2.24, 2.45) is 11.8 Å². The molecule has 1 atom stereocenters. The van der Waals surface area contributed by atoms with Gasteiger partial charge >= 0.3 is 5.76 Å². The molecular weight excluding hydrogens is 342 g/mol. The van der Waals surface area contributed by atoms with Crippen molar-refractivity contribution < 1.29 is 9.21 Å². The lowest BCUT2D eigenvalue weighted by Gasteiger charge is -2.31. The second kappa shape index (κ2) is 6.84. The van der Waals surface area contributed by atoms with E-state index < -0.39 is 5.76 Å². The van der Waals surface area contributed by atoms with Crippen LogP contribution in [0.15, 0.2) is 27.4 Å². The fourth-order valence-electron chi connectivity index (χ4n) is 3.48. The molecule has 1 aliphatic carbocycles. The number of halogens is 1. The van der Waals surface area contributed by atoms with Gasteiger partial charge in [0.2, 0.25) is 5.91 Å². The number of nitrogens with one attached hydrogen (secondary N) is 1. The Morgan fingerprint density at radius 1 is 1.32 bits per heavy atom. The standard InChI is InChI=1S/C18H22ClN3O3/c19-14-5-6-16-15(8-14)22(18(24)25-16)11-21-7-1-2-13(10-21)17(23)20-9-12-3-4-12/h5-6,8,12-13H,1-4,7,9-11H2,(H,20,23)/t13-/m0/s1. The average Bonchev–Trinajstić information content (AvgIpc) is 3.39. The monoisotopic (exact) mass is 363 g/mol. The van der Waals surface area contributed by atoms with Gasteiger partial charge in [0.1, 0.15) is 0 Å². The van der Waals surface area contributed by atoms with Crippen molar-refractivity contribution in [3.05, 3.63) is 33.8 Å². The molecule has 2 aliphatic rings. The molecule has 7 heteroatoms. The first-order valence-corrected chi connectivity index (χ1v) is 9.27. The van der Waals surface area contributed by atoms with Gasteiger partial charge in [-0.05, 0) is 56.3 Å². The summed E-state index contributed by atoms with van der Waals surface area (Å²) in [7, 11) is 0.